The largest absolute Gasteiger partial charge is 0.497 e. The fraction of sp³-hybridized carbons (Fsp3) is 0.235. The van der Waals surface area contributed by atoms with Crippen LogP contribution < -0.4 is 10.1 Å². The number of carbonyl (C=O) groups is 1. The molecule has 0 bridgehead atoms. The van der Waals surface area contributed by atoms with Crippen LogP contribution in [0.1, 0.15) is 29.3 Å². The number of Topliss-reactive ketones (excluding diaryl/α,β-unsaturated/α-hetero) is 1. The zero-order valence-electron chi connectivity index (χ0n) is 11.8. The molecular formula is C17H19NO2. The van der Waals surface area contributed by atoms with Crippen molar-refractivity contribution >= 4 is 11.5 Å². The van der Waals surface area contributed by atoms with Crippen molar-refractivity contribution < 1.29 is 9.53 Å². The highest BCUT2D eigenvalue weighted by molar-refractivity contribution is 6.01. The second-order valence-corrected chi connectivity index (χ2v) is 4.53. The molecule has 2 rings (SSSR count). The first kappa shape index (κ1) is 14.1. The van der Waals surface area contributed by atoms with E-state index >= 15 is 0 Å². The zero-order chi connectivity index (χ0) is 14.4. The second kappa shape index (κ2) is 6.75. The van der Waals surface area contributed by atoms with E-state index in [4.69, 9.17) is 4.74 Å². The molecule has 0 unspecified atom stereocenters. The number of ketones is 1. The van der Waals surface area contributed by atoms with Gasteiger partial charge in [0.1, 0.15) is 5.75 Å². The van der Waals surface area contributed by atoms with E-state index in [9.17, 15) is 4.79 Å². The first-order valence-corrected chi connectivity index (χ1v) is 6.73. The minimum absolute atomic E-state index is 0.128. The van der Waals surface area contributed by atoms with Gasteiger partial charge in [0.2, 0.25) is 0 Å². The van der Waals surface area contributed by atoms with Gasteiger partial charge >= 0.3 is 0 Å². The Morgan fingerprint density at radius 1 is 1.15 bits per heavy atom. The molecule has 0 spiro atoms. The Hall–Kier alpha value is -2.29. The van der Waals surface area contributed by atoms with Crippen LogP contribution in [0.25, 0.3) is 0 Å². The maximum atomic E-state index is 12.0. The van der Waals surface area contributed by atoms with Crippen molar-refractivity contribution in [2.45, 2.75) is 19.9 Å². The van der Waals surface area contributed by atoms with E-state index in [1.807, 2.05) is 43.3 Å². The molecule has 104 valence electrons. The van der Waals surface area contributed by atoms with Crippen molar-refractivity contribution in [3.8, 4) is 5.75 Å². The van der Waals surface area contributed by atoms with Gasteiger partial charge in [0.15, 0.2) is 5.78 Å². The van der Waals surface area contributed by atoms with E-state index in [0.717, 1.165) is 11.4 Å². The minimum Gasteiger partial charge on any atom is -0.497 e. The van der Waals surface area contributed by atoms with Crippen LogP contribution in [0.4, 0.5) is 5.69 Å². The first-order valence-electron chi connectivity index (χ1n) is 6.73. The summed E-state index contributed by atoms with van der Waals surface area (Å²) in [4.78, 5) is 12.0. The van der Waals surface area contributed by atoms with Gasteiger partial charge in [0.25, 0.3) is 0 Å². The summed E-state index contributed by atoms with van der Waals surface area (Å²) in [5, 5.41) is 3.32. The normalized spacial score (nSPS) is 10.1. The van der Waals surface area contributed by atoms with E-state index in [1.165, 1.54) is 5.56 Å². The van der Waals surface area contributed by atoms with Crippen LogP contribution in [0.5, 0.6) is 5.75 Å². The quantitative estimate of drug-likeness (QED) is 0.808. The maximum Gasteiger partial charge on any atom is 0.164 e. The third-order valence-corrected chi connectivity index (χ3v) is 3.17. The Bertz CT molecular complexity index is 579. The molecule has 0 saturated carbocycles. The van der Waals surface area contributed by atoms with Gasteiger partial charge in [0.05, 0.1) is 7.11 Å². The number of anilines is 1. The van der Waals surface area contributed by atoms with Crippen LogP contribution in [-0.4, -0.2) is 12.9 Å². The van der Waals surface area contributed by atoms with Crippen molar-refractivity contribution in [2.24, 2.45) is 0 Å². The minimum atomic E-state index is 0.128. The van der Waals surface area contributed by atoms with E-state index in [-0.39, 0.29) is 5.78 Å². The molecule has 2 aromatic carbocycles. The van der Waals surface area contributed by atoms with Crippen molar-refractivity contribution in [1.29, 1.82) is 0 Å². The summed E-state index contributed by atoms with van der Waals surface area (Å²) in [6, 6.07) is 15.6. The molecular weight excluding hydrogens is 250 g/mol. The molecule has 2 aromatic rings. The highest BCUT2D eigenvalue weighted by Crippen LogP contribution is 2.24. The molecule has 0 aliphatic carbocycles. The topological polar surface area (TPSA) is 38.3 Å². The lowest BCUT2D eigenvalue weighted by Gasteiger charge is -2.12. The van der Waals surface area contributed by atoms with Crippen LogP contribution in [-0.2, 0) is 6.54 Å². The number of rotatable bonds is 6. The summed E-state index contributed by atoms with van der Waals surface area (Å²) in [6.45, 7) is 2.55. The fourth-order valence-electron chi connectivity index (χ4n) is 2.02. The molecule has 3 heteroatoms. The number of hydrogen-bond donors (Lipinski definition) is 1. The average Bonchev–Trinajstić information content (AvgIpc) is 2.52. The van der Waals surface area contributed by atoms with Gasteiger partial charge in [-0.15, -0.1) is 0 Å². The third-order valence-electron chi connectivity index (χ3n) is 3.17. The Kier molecular flexibility index (Phi) is 4.77. The molecule has 0 radical (unpaired) electrons. The van der Waals surface area contributed by atoms with Gasteiger partial charge < -0.3 is 10.1 Å². The zero-order valence-corrected chi connectivity index (χ0v) is 11.8. The lowest BCUT2D eigenvalue weighted by Crippen LogP contribution is -2.06. The van der Waals surface area contributed by atoms with E-state index in [0.29, 0.717) is 18.5 Å². The van der Waals surface area contributed by atoms with Gasteiger partial charge in [-0.3, -0.25) is 4.79 Å². The molecule has 0 aliphatic rings. The van der Waals surface area contributed by atoms with Crippen molar-refractivity contribution in [1.82, 2.24) is 0 Å². The first-order chi connectivity index (χ1) is 9.74. The summed E-state index contributed by atoms with van der Waals surface area (Å²) in [7, 11) is 1.62. The monoisotopic (exact) mass is 269 g/mol. The van der Waals surface area contributed by atoms with Gasteiger partial charge in [-0.25, -0.2) is 0 Å². The van der Waals surface area contributed by atoms with E-state index < -0.39 is 0 Å². The molecule has 0 aliphatic heterocycles. The highest BCUT2D eigenvalue weighted by atomic mass is 16.5. The predicted molar refractivity (Wildman–Crippen MR) is 81.4 cm³/mol. The van der Waals surface area contributed by atoms with Crippen molar-refractivity contribution in [3.63, 3.8) is 0 Å². The van der Waals surface area contributed by atoms with Crippen LogP contribution in [0.2, 0.25) is 0 Å². The fourth-order valence-corrected chi connectivity index (χ4v) is 2.02. The molecule has 0 aromatic heterocycles. The molecule has 0 fully saturated rings. The van der Waals surface area contributed by atoms with E-state index in [2.05, 4.69) is 17.4 Å². The van der Waals surface area contributed by atoms with Gasteiger partial charge in [-0.2, -0.15) is 0 Å². The van der Waals surface area contributed by atoms with Crippen molar-refractivity contribution in [2.75, 3.05) is 12.4 Å². The molecule has 0 saturated heterocycles. The summed E-state index contributed by atoms with van der Waals surface area (Å²) in [5.41, 5.74) is 2.70. The number of methoxy groups -OCH3 is 1. The summed E-state index contributed by atoms with van der Waals surface area (Å²) >= 11 is 0. The molecule has 20 heavy (non-hydrogen) atoms. The van der Waals surface area contributed by atoms with Crippen LogP contribution in [0, 0.1) is 0 Å². The third kappa shape index (κ3) is 3.38. The molecule has 1 N–H and O–H groups in total. The molecule has 0 heterocycles. The summed E-state index contributed by atoms with van der Waals surface area (Å²) in [6.07, 6.45) is 0.492. The number of benzene rings is 2. The van der Waals surface area contributed by atoms with Gasteiger partial charge in [0, 0.05) is 30.3 Å². The Morgan fingerprint density at radius 2 is 1.90 bits per heavy atom. The predicted octanol–water partition coefficient (Wildman–Crippen LogP) is 3.90. The SMILES string of the molecule is CCC(=O)c1ccc(OC)cc1NCc1ccccc1. The Balaban J connectivity index is 2.21. The number of ether oxygens (including phenoxy) is 1. The lowest BCUT2D eigenvalue weighted by atomic mass is 10.1. The Labute approximate surface area is 119 Å². The smallest absolute Gasteiger partial charge is 0.164 e. The summed E-state index contributed by atoms with van der Waals surface area (Å²) < 4.78 is 5.22. The van der Waals surface area contributed by atoms with Gasteiger partial charge in [-0.1, -0.05) is 37.3 Å². The van der Waals surface area contributed by atoms with Crippen LogP contribution in [0.15, 0.2) is 48.5 Å². The van der Waals surface area contributed by atoms with Crippen LogP contribution >= 0.6 is 0 Å². The lowest BCUT2D eigenvalue weighted by molar-refractivity contribution is 0.0989. The van der Waals surface area contributed by atoms with Crippen molar-refractivity contribution in [3.05, 3.63) is 59.7 Å². The highest BCUT2D eigenvalue weighted by Gasteiger charge is 2.10. The maximum absolute atomic E-state index is 12.0. The molecule has 0 atom stereocenters. The molecule has 3 nitrogen and oxygen atoms in total. The number of nitrogens with one attached hydrogen (secondary N) is 1. The average molecular weight is 269 g/mol. The van der Waals surface area contributed by atoms with E-state index in [1.54, 1.807) is 7.11 Å². The second-order valence-electron chi connectivity index (χ2n) is 4.53. The van der Waals surface area contributed by atoms with Crippen LogP contribution in [0.3, 0.4) is 0 Å². The number of carbonyl (C=O) groups excluding carboxylic acids is 1. The van der Waals surface area contributed by atoms with Gasteiger partial charge in [-0.05, 0) is 17.7 Å². The standard InChI is InChI=1S/C17H19NO2/c1-3-17(19)15-10-9-14(20-2)11-16(15)18-12-13-7-5-4-6-8-13/h4-11,18H,3,12H2,1-2H3. The Morgan fingerprint density at radius 3 is 2.55 bits per heavy atom. The summed E-state index contributed by atoms with van der Waals surface area (Å²) in [5.74, 6) is 0.872. The molecule has 0 amide bonds. The number of hydrogen-bond acceptors (Lipinski definition) is 3.